The Bertz CT molecular complexity index is 339. The molecule has 1 fully saturated rings. The van der Waals surface area contributed by atoms with Crippen molar-refractivity contribution >= 4 is 15.7 Å². The lowest BCUT2D eigenvalue weighted by Crippen LogP contribution is -2.39. The molecular weight excluding hydrogens is 218 g/mol. The maximum atomic E-state index is 11.2. The van der Waals surface area contributed by atoms with Crippen LogP contribution < -0.4 is 11.1 Å². The molecule has 0 aliphatic carbocycles. The predicted molar refractivity (Wildman–Crippen MR) is 57.7 cm³/mol. The third-order valence-electron chi connectivity index (χ3n) is 2.40. The van der Waals surface area contributed by atoms with Crippen molar-refractivity contribution in [3.63, 3.8) is 0 Å². The minimum atomic E-state index is -2.85. The number of sulfone groups is 1. The first-order valence-corrected chi connectivity index (χ1v) is 6.68. The van der Waals surface area contributed by atoms with Crippen LogP contribution in [-0.4, -0.2) is 43.1 Å². The molecular formula is C8H17N3O3S. The highest BCUT2D eigenvalue weighted by Crippen LogP contribution is 2.12. The number of oxime groups is 1. The van der Waals surface area contributed by atoms with Gasteiger partial charge in [-0.05, 0) is 13.3 Å². The molecule has 2 unspecified atom stereocenters. The second-order valence-electron chi connectivity index (χ2n) is 3.96. The third-order valence-corrected chi connectivity index (χ3v) is 4.16. The molecule has 4 N–H and O–H groups in total. The van der Waals surface area contributed by atoms with Crippen molar-refractivity contribution in [3.8, 4) is 0 Å². The topological polar surface area (TPSA) is 105 Å². The van der Waals surface area contributed by atoms with Crippen LogP contribution in [0.3, 0.4) is 0 Å². The summed E-state index contributed by atoms with van der Waals surface area (Å²) >= 11 is 0. The molecule has 0 aromatic heterocycles. The molecule has 0 radical (unpaired) electrons. The van der Waals surface area contributed by atoms with Crippen LogP contribution in [0.2, 0.25) is 0 Å². The van der Waals surface area contributed by atoms with Crippen molar-refractivity contribution in [1.29, 1.82) is 0 Å². The second-order valence-corrected chi connectivity index (χ2v) is 6.19. The normalized spacial score (nSPS) is 27.8. The molecule has 6 nitrogen and oxygen atoms in total. The van der Waals surface area contributed by atoms with Crippen molar-refractivity contribution in [1.82, 2.24) is 5.32 Å². The molecule has 1 rings (SSSR count). The van der Waals surface area contributed by atoms with Crippen molar-refractivity contribution in [2.24, 2.45) is 10.9 Å². The van der Waals surface area contributed by atoms with Gasteiger partial charge in [0.2, 0.25) is 0 Å². The monoisotopic (exact) mass is 235 g/mol. The summed E-state index contributed by atoms with van der Waals surface area (Å²) in [5.41, 5.74) is 5.34. The Morgan fingerprint density at radius 2 is 2.40 bits per heavy atom. The van der Waals surface area contributed by atoms with Crippen LogP contribution in [0.15, 0.2) is 5.16 Å². The van der Waals surface area contributed by atoms with Gasteiger partial charge in [0.05, 0.1) is 11.5 Å². The van der Waals surface area contributed by atoms with Gasteiger partial charge in [-0.2, -0.15) is 0 Å². The van der Waals surface area contributed by atoms with Gasteiger partial charge >= 0.3 is 0 Å². The van der Waals surface area contributed by atoms with E-state index in [-0.39, 0.29) is 29.4 Å². The number of nitrogens with zero attached hydrogens (tertiary/aromatic N) is 1. The second kappa shape index (κ2) is 4.80. The molecule has 1 aliphatic heterocycles. The molecule has 0 aromatic carbocycles. The van der Waals surface area contributed by atoms with Crippen LogP contribution in [0.4, 0.5) is 0 Å². The quantitative estimate of drug-likeness (QED) is 0.258. The van der Waals surface area contributed by atoms with E-state index < -0.39 is 9.84 Å². The fraction of sp³-hybridized carbons (Fsp3) is 0.875. The van der Waals surface area contributed by atoms with Crippen molar-refractivity contribution in [3.05, 3.63) is 0 Å². The van der Waals surface area contributed by atoms with E-state index in [4.69, 9.17) is 10.9 Å². The van der Waals surface area contributed by atoms with Crippen LogP contribution in [0.5, 0.6) is 0 Å². The summed E-state index contributed by atoms with van der Waals surface area (Å²) in [5, 5.41) is 14.4. The molecule has 15 heavy (non-hydrogen) atoms. The molecule has 0 aromatic rings. The zero-order chi connectivity index (χ0) is 11.5. The minimum Gasteiger partial charge on any atom is -0.409 e. The first-order chi connectivity index (χ1) is 6.93. The summed E-state index contributed by atoms with van der Waals surface area (Å²) in [5.74, 6) is 0.588. The third kappa shape index (κ3) is 4.05. The predicted octanol–water partition coefficient (Wildman–Crippen LogP) is -0.712. The Balaban J connectivity index is 2.37. The highest BCUT2D eigenvalue weighted by atomic mass is 32.2. The molecule has 88 valence electrons. The highest BCUT2D eigenvalue weighted by molar-refractivity contribution is 7.91. The van der Waals surface area contributed by atoms with E-state index in [9.17, 15) is 8.42 Å². The van der Waals surface area contributed by atoms with Crippen LogP contribution in [-0.2, 0) is 9.84 Å². The molecule has 0 amide bonds. The van der Waals surface area contributed by atoms with Gasteiger partial charge in [-0.3, -0.25) is 0 Å². The minimum absolute atomic E-state index is 0.00325. The standard InChI is InChI=1S/C8H17N3O3S/c1-6(4-8(9)11-12)10-7-2-3-15(13,14)5-7/h6-7,10,12H,2-5H2,1H3,(H2,9,11). The highest BCUT2D eigenvalue weighted by Gasteiger charge is 2.28. The SMILES string of the molecule is CC(CC(N)=NO)NC1CCS(=O)(=O)C1. The molecule has 1 heterocycles. The largest absolute Gasteiger partial charge is 0.409 e. The van der Waals surface area contributed by atoms with Gasteiger partial charge in [0.15, 0.2) is 9.84 Å². The summed E-state index contributed by atoms with van der Waals surface area (Å²) in [6.07, 6.45) is 1.05. The zero-order valence-electron chi connectivity index (χ0n) is 8.68. The number of nitrogens with two attached hydrogens (primary N) is 1. The average Bonchev–Trinajstić information content (AvgIpc) is 2.44. The smallest absolute Gasteiger partial charge is 0.151 e. The van der Waals surface area contributed by atoms with Crippen LogP contribution in [0, 0.1) is 0 Å². The first-order valence-electron chi connectivity index (χ1n) is 4.86. The fourth-order valence-electron chi connectivity index (χ4n) is 1.74. The van der Waals surface area contributed by atoms with Gasteiger partial charge in [-0.15, -0.1) is 0 Å². The molecule has 0 saturated carbocycles. The van der Waals surface area contributed by atoms with E-state index in [0.717, 1.165) is 0 Å². The average molecular weight is 235 g/mol. The summed E-state index contributed by atoms with van der Waals surface area (Å²) in [7, 11) is -2.85. The summed E-state index contributed by atoms with van der Waals surface area (Å²) in [6, 6.07) is 0.00990. The lowest BCUT2D eigenvalue weighted by Gasteiger charge is -2.17. The zero-order valence-corrected chi connectivity index (χ0v) is 9.50. The van der Waals surface area contributed by atoms with Crippen molar-refractivity contribution in [2.75, 3.05) is 11.5 Å². The molecule has 1 aliphatic rings. The first kappa shape index (κ1) is 12.3. The number of amidine groups is 1. The molecule has 0 spiro atoms. The maximum Gasteiger partial charge on any atom is 0.151 e. The van der Waals surface area contributed by atoms with E-state index >= 15 is 0 Å². The molecule has 7 heteroatoms. The van der Waals surface area contributed by atoms with Crippen molar-refractivity contribution in [2.45, 2.75) is 31.8 Å². The Morgan fingerprint density at radius 3 is 2.87 bits per heavy atom. The van der Waals surface area contributed by atoms with Gasteiger partial charge < -0.3 is 16.3 Å². The Kier molecular flexibility index (Phi) is 3.92. The van der Waals surface area contributed by atoms with Crippen LogP contribution >= 0.6 is 0 Å². The van der Waals surface area contributed by atoms with Gasteiger partial charge in [0.1, 0.15) is 5.84 Å². The maximum absolute atomic E-state index is 11.2. The number of hydrogen-bond donors (Lipinski definition) is 3. The number of hydrogen-bond acceptors (Lipinski definition) is 5. The fourth-order valence-corrected chi connectivity index (χ4v) is 3.43. The van der Waals surface area contributed by atoms with Crippen molar-refractivity contribution < 1.29 is 13.6 Å². The Labute approximate surface area is 89.4 Å². The Hall–Kier alpha value is -0.820. The van der Waals surface area contributed by atoms with E-state index in [1.165, 1.54) is 0 Å². The van der Waals surface area contributed by atoms with E-state index in [1.807, 2.05) is 6.92 Å². The molecule has 1 saturated heterocycles. The van der Waals surface area contributed by atoms with E-state index in [1.54, 1.807) is 0 Å². The summed E-state index contributed by atoms with van der Waals surface area (Å²) < 4.78 is 22.3. The van der Waals surface area contributed by atoms with E-state index in [2.05, 4.69) is 10.5 Å². The number of nitrogens with one attached hydrogen (secondary N) is 1. The van der Waals surface area contributed by atoms with Gasteiger partial charge in [0, 0.05) is 18.5 Å². The lowest BCUT2D eigenvalue weighted by atomic mass is 10.2. The lowest BCUT2D eigenvalue weighted by molar-refractivity contribution is 0.315. The van der Waals surface area contributed by atoms with Crippen LogP contribution in [0.25, 0.3) is 0 Å². The number of rotatable bonds is 4. The van der Waals surface area contributed by atoms with Gasteiger partial charge in [-0.25, -0.2) is 8.42 Å². The van der Waals surface area contributed by atoms with Gasteiger partial charge in [0.25, 0.3) is 0 Å². The van der Waals surface area contributed by atoms with Gasteiger partial charge in [-0.1, -0.05) is 5.16 Å². The summed E-state index contributed by atoms with van der Waals surface area (Å²) in [6.45, 7) is 1.88. The molecule has 2 atom stereocenters. The Morgan fingerprint density at radius 1 is 1.73 bits per heavy atom. The van der Waals surface area contributed by atoms with E-state index in [0.29, 0.717) is 12.8 Å². The summed E-state index contributed by atoms with van der Waals surface area (Å²) in [4.78, 5) is 0. The molecule has 0 bridgehead atoms. The van der Waals surface area contributed by atoms with Crippen LogP contribution in [0.1, 0.15) is 19.8 Å².